The fourth-order valence-electron chi connectivity index (χ4n) is 3.07. The third kappa shape index (κ3) is 6.96. The van der Waals surface area contributed by atoms with E-state index in [2.05, 4.69) is 30.6 Å². The molecule has 0 N–H and O–H groups in total. The minimum absolute atomic E-state index is 0.184. The van der Waals surface area contributed by atoms with Gasteiger partial charge in [0, 0.05) is 39.8 Å². The van der Waals surface area contributed by atoms with Crippen LogP contribution in [0.15, 0.2) is 24.3 Å². The molecule has 1 aliphatic heterocycles. The van der Waals surface area contributed by atoms with Crippen molar-refractivity contribution in [1.82, 2.24) is 14.7 Å². The van der Waals surface area contributed by atoms with Gasteiger partial charge in [-0.2, -0.15) is 0 Å². The van der Waals surface area contributed by atoms with Crippen molar-refractivity contribution in [3.63, 3.8) is 0 Å². The maximum Gasteiger partial charge on any atom is 0.236 e. The Morgan fingerprint density at radius 1 is 1.08 bits per heavy atom. The van der Waals surface area contributed by atoms with Crippen LogP contribution in [-0.2, 0) is 11.3 Å². The molecular formula is C21H35N3O2. The van der Waals surface area contributed by atoms with E-state index < -0.39 is 0 Å². The first-order valence-electron chi connectivity index (χ1n) is 9.58. The first kappa shape index (κ1) is 20.7. The Balaban J connectivity index is 1.72. The molecule has 0 aromatic heterocycles. The number of amides is 1. The molecule has 0 aliphatic carbocycles. The summed E-state index contributed by atoms with van der Waals surface area (Å²) in [4.78, 5) is 19.1. The molecule has 1 aromatic carbocycles. The van der Waals surface area contributed by atoms with E-state index in [1.54, 1.807) is 7.11 Å². The Hall–Kier alpha value is -1.59. The minimum Gasteiger partial charge on any atom is -0.497 e. The summed E-state index contributed by atoms with van der Waals surface area (Å²) in [5.41, 5.74) is 1.51. The number of ether oxygens (including phenoxy) is 1. The number of hydrogen-bond donors (Lipinski definition) is 0. The van der Waals surface area contributed by atoms with Crippen molar-refractivity contribution >= 4 is 5.91 Å². The van der Waals surface area contributed by atoms with Gasteiger partial charge >= 0.3 is 0 Å². The molecule has 0 radical (unpaired) electrons. The molecule has 5 nitrogen and oxygen atoms in total. The smallest absolute Gasteiger partial charge is 0.236 e. The number of piperazine rings is 1. The summed E-state index contributed by atoms with van der Waals surface area (Å²) in [5, 5.41) is 0. The van der Waals surface area contributed by atoms with E-state index in [0.29, 0.717) is 18.5 Å². The normalized spacial score (nSPS) is 16.5. The predicted octanol–water partition coefficient (Wildman–Crippen LogP) is 2.71. The molecule has 1 aliphatic rings. The molecule has 0 unspecified atom stereocenters. The number of nitrogens with zero attached hydrogens (tertiary/aromatic N) is 3. The summed E-state index contributed by atoms with van der Waals surface area (Å²) in [6.07, 6.45) is 1.22. The quantitative estimate of drug-likeness (QED) is 0.748. The highest BCUT2D eigenvalue weighted by Gasteiger charge is 2.21. The van der Waals surface area contributed by atoms with Gasteiger partial charge in [0.2, 0.25) is 5.91 Å². The zero-order valence-electron chi connectivity index (χ0n) is 17.1. The highest BCUT2D eigenvalue weighted by Crippen LogP contribution is 2.19. The molecule has 0 saturated carbocycles. The average molecular weight is 362 g/mol. The van der Waals surface area contributed by atoms with Crippen LogP contribution >= 0.6 is 0 Å². The maximum absolute atomic E-state index is 12.5. The summed E-state index contributed by atoms with van der Waals surface area (Å²) in [6, 6.07) is 7.89. The topological polar surface area (TPSA) is 36.0 Å². The van der Waals surface area contributed by atoms with Crippen LogP contribution in [0.1, 0.15) is 32.8 Å². The zero-order chi connectivity index (χ0) is 19.2. The van der Waals surface area contributed by atoms with Crippen molar-refractivity contribution in [3.05, 3.63) is 29.8 Å². The van der Waals surface area contributed by atoms with Crippen LogP contribution in [0.4, 0.5) is 0 Å². The van der Waals surface area contributed by atoms with Crippen LogP contribution in [0.3, 0.4) is 0 Å². The lowest BCUT2D eigenvalue weighted by Gasteiger charge is -2.36. The molecule has 146 valence electrons. The van der Waals surface area contributed by atoms with E-state index in [4.69, 9.17) is 4.74 Å². The van der Waals surface area contributed by atoms with Gasteiger partial charge in [0.25, 0.3) is 0 Å². The highest BCUT2D eigenvalue weighted by molar-refractivity contribution is 5.78. The van der Waals surface area contributed by atoms with Gasteiger partial charge in [-0.15, -0.1) is 0 Å². The fraction of sp³-hybridized carbons (Fsp3) is 0.667. The van der Waals surface area contributed by atoms with Crippen LogP contribution < -0.4 is 4.74 Å². The lowest BCUT2D eigenvalue weighted by atomic mass is 9.92. The van der Waals surface area contributed by atoms with Crippen molar-refractivity contribution in [1.29, 1.82) is 0 Å². The zero-order valence-corrected chi connectivity index (χ0v) is 17.1. The van der Waals surface area contributed by atoms with E-state index >= 15 is 0 Å². The number of carbonyl (C=O) groups excluding carboxylic acids is 1. The average Bonchev–Trinajstić information content (AvgIpc) is 2.61. The molecule has 0 atom stereocenters. The standard InChI is InChI=1S/C21H35N3O2/c1-21(2,3)10-11-23-12-14-24(15-13-23)17-20(25)22(4)16-18-6-8-19(26-5)9-7-18/h6-9H,10-17H2,1-5H3. The minimum atomic E-state index is 0.184. The summed E-state index contributed by atoms with van der Waals surface area (Å²) in [6.45, 7) is 13.3. The second kappa shape index (κ2) is 9.38. The Morgan fingerprint density at radius 2 is 1.65 bits per heavy atom. The van der Waals surface area contributed by atoms with Crippen LogP contribution in [-0.4, -0.2) is 74.0 Å². The van der Waals surface area contributed by atoms with E-state index in [-0.39, 0.29) is 5.91 Å². The van der Waals surface area contributed by atoms with Crippen LogP contribution in [0, 0.1) is 5.41 Å². The van der Waals surface area contributed by atoms with Gasteiger partial charge in [-0.3, -0.25) is 9.69 Å². The van der Waals surface area contributed by atoms with Crippen molar-refractivity contribution in [2.75, 3.05) is 53.4 Å². The molecule has 1 amide bonds. The van der Waals surface area contributed by atoms with Crippen LogP contribution in [0.25, 0.3) is 0 Å². The van der Waals surface area contributed by atoms with Gasteiger partial charge in [-0.05, 0) is 36.1 Å². The van der Waals surface area contributed by atoms with E-state index in [9.17, 15) is 4.79 Å². The summed E-state index contributed by atoms with van der Waals surface area (Å²) < 4.78 is 5.18. The number of hydrogen-bond acceptors (Lipinski definition) is 4. The first-order valence-corrected chi connectivity index (χ1v) is 9.58. The van der Waals surface area contributed by atoms with Gasteiger partial charge in [0.15, 0.2) is 0 Å². The molecule has 0 spiro atoms. The first-order chi connectivity index (χ1) is 12.3. The molecule has 1 saturated heterocycles. The Morgan fingerprint density at radius 3 is 2.19 bits per heavy atom. The number of methoxy groups -OCH3 is 1. The van der Waals surface area contributed by atoms with Crippen molar-refractivity contribution in [2.45, 2.75) is 33.7 Å². The Labute approximate surface area is 158 Å². The van der Waals surface area contributed by atoms with Crippen molar-refractivity contribution in [3.8, 4) is 5.75 Å². The number of rotatable bonds is 7. The maximum atomic E-state index is 12.5. The van der Waals surface area contributed by atoms with E-state index in [0.717, 1.165) is 44.0 Å². The lowest BCUT2D eigenvalue weighted by molar-refractivity contribution is -0.132. The van der Waals surface area contributed by atoms with Gasteiger partial charge in [-0.1, -0.05) is 32.9 Å². The summed E-state index contributed by atoms with van der Waals surface area (Å²) >= 11 is 0. The molecular weight excluding hydrogens is 326 g/mol. The predicted molar refractivity (Wildman–Crippen MR) is 106 cm³/mol. The largest absolute Gasteiger partial charge is 0.497 e. The Kier molecular flexibility index (Phi) is 7.47. The molecule has 1 aromatic rings. The molecule has 2 rings (SSSR count). The SMILES string of the molecule is COc1ccc(CN(C)C(=O)CN2CCN(CCC(C)(C)C)CC2)cc1. The summed E-state index contributed by atoms with van der Waals surface area (Å²) in [5.74, 6) is 1.02. The number of benzene rings is 1. The number of likely N-dealkylation sites (N-methyl/N-ethyl adjacent to an activating group) is 1. The molecule has 0 bridgehead atoms. The van der Waals surface area contributed by atoms with Crippen LogP contribution in [0.2, 0.25) is 0 Å². The highest BCUT2D eigenvalue weighted by atomic mass is 16.5. The monoisotopic (exact) mass is 361 g/mol. The second-order valence-corrected chi connectivity index (χ2v) is 8.53. The number of carbonyl (C=O) groups is 1. The Bertz CT molecular complexity index is 558. The van der Waals surface area contributed by atoms with Gasteiger partial charge in [-0.25, -0.2) is 0 Å². The van der Waals surface area contributed by atoms with E-state index in [1.165, 1.54) is 6.42 Å². The molecule has 26 heavy (non-hydrogen) atoms. The third-order valence-electron chi connectivity index (χ3n) is 5.01. The summed E-state index contributed by atoms with van der Waals surface area (Å²) in [7, 11) is 3.54. The molecule has 5 heteroatoms. The van der Waals surface area contributed by atoms with Gasteiger partial charge < -0.3 is 14.5 Å². The molecule has 1 fully saturated rings. The second-order valence-electron chi connectivity index (χ2n) is 8.53. The lowest BCUT2D eigenvalue weighted by Crippen LogP contribution is -2.50. The van der Waals surface area contributed by atoms with Gasteiger partial charge in [0.05, 0.1) is 13.7 Å². The van der Waals surface area contributed by atoms with Crippen LogP contribution in [0.5, 0.6) is 5.75 Å². The van der Waals surface area contributed by atoms with Crippen molar-refractivity contribution < 1.29 is 9.53 Å². The third-order valence-corrected chi connectivity index (χ3v) is 5.01. The molecule has 1 heterocycles. The van der Waals surface area contributed by atoms with Crippen molar-refractivity contribution in [2.24, 2.45) is 5.41 Å². The fourth-order valence-corrected chi connectivity index (χ4v) is 3.07. The van der Waals surface area contributed by atoms with E-state index in [1.807, 2.05) is 36.2 Å². The van der Waals surface area contributed by atoms with Gasteiger partial charge in [0.1, 0.15) is 5.75 Å².